The van der Waals surface area contributed by atoms with E-state index in [0.29, 0.717) is 0 Å². The first kappa shape index (κ1) is 36.0. The Balaban J connectivity index is 2.18. The molecule has 3 aromatic rings. The molecule has 1 N–H and O–H groups in total. The number of allylic oxidation sites excluding steroid dienone is 1. The second-order valence-corrected chi connectivity index (χ2v) is 23.9. The summed E-state index contributed by atoms with van der Waals surface area (Å²) in [4.78, 5) is 0. The zero-order chi connectivity index (χ0) is 33.6. The van der Waals surface area contributed by atoms with Gasteiger partial charge in [-0.05, 0) is 88.6 Å². The number of rotatable bonds is 7. The molecular formula is C37H55N4OP3. The van der Waals surface area contributed by atoms with Crippen LogP contribution in [-0.2, 0) is 4.57 Å². The minimum Gasteiger partial charge on any atom is -0.313 e. The monoisotopic (exact) mass is 664 g/mol. The topological polar surface area (TPSA) is 47.9 Å². The van der Waals surface area contributed by atoms with Gasteiger partial charge >= 0.3 is 0 Å². The molecular weight excluding hydrogens is 609 g/mol. The van der Waals surface area contributed by atoms with Crippen molar-refractivity contribution in [2.75, 3.05) is 0 Å². The maximum atomic E-state index is 16.4. The van der Waals surface area contributed by atoms with Gasteiger partial charge in [-0.2, -0.15) is 0 Å². The van der Waals surface area contributed by atoms with E-state index in [0.717, 1.165) is 21.5 Å². The Labute approximate surface area is 275 Å². The lowest BCUT2D eigenvalue weighted by atomic mass is 10.1. The van der Waals surface area contributed by atoms with Crippen LogP contribution < -0.4 is 15.7 Å². The van der Waals surface area contributed by atoms with E-state index in [-0.39, 0.29) is 22.2 Å². The van der Waals surface area contributed by atoms with Gasteiger partial charge in [0, 0.05) is 32.5 Å². The van der Waals surface area contributed by atoms with Crippen molar-refractivity contribution in [1.29, 1.82) is 0 Å². The molecule has 1 aliphatic rings. The van der Waals surface area contributed by atoms with Gasteiger partial charge in [0.2, 0.25) is 0 Å². The Kier molecular flexibility index (Phi) is 10.1. The first-order chi connectivity index (χ1) is 20.6. The van der Waals surface area contributed by atoms with Gasteiger partial charge in [0.05, 0.1) is 11.2 Å². The van der Waals surface area contributed by atoms with Crippen LogP contribution in [0.4, 0.5) is 0 Å². The molecule has 4 rings (SSSR count). The van der Waals surface area contributed by atoms with E-state index in [1.165, 1.54) is 0 Å². The van der Waals surface area contributed by atoms with Crippen molar-refractivity contribution in [1.82, 2.24) is 14.0 Å². The summed E-state index contributed by atoms with van der Waals surface area (Å²) in [6, 6.07) is 30.5. The molecule has 0 amide bonds. The first-order valence-corrected chi connectivity index (χ1v) is 20.6. The summed E-state index contributed by atoms with van der Waals surface area (Å²) in [6.07, 6.45) is 0. The van der Waals surface area contributed by atoms with Gasteiger partial charge in [-0.25, -0.2) is 8.88 Å². The minimum atomic E-state index is -3.37. The van der Waals surface area contributed by atoms with Gasteiger partial charge in [-0.15, -0.1) is 0 Å². The largest absolute Gasteiger partial charge is 0.313 e. The fraction of sp³-hybridized carbons (Fsp3) is 0.459. The number of nitrogens with one attached hydrogen (secondary N) is 1. The molecule has 1 atom stereocenters. The fourth-order valence-electron chi connectivity index (χ4n) is 6.13. The Morgan fingerprint density at radius 1 is 0.711 bits per heavy atom. The van der Waals surface area contributed by atoms with Gasteiger partial charge in [0.1, 0.15) is 15.7 Å². The molecule has 0 aliphatic carbocycles. The normalized spacial score (nSPS) is 21.2. The zero-order valence-electron chi connectivity index (χ0n) is 29.5. The van der Waals surface area contributed by atoms with E-state index in [9.17, 15) is 0 Å². The number of hydrogen-bond acceptors (Lipinski definition) is 3. The lowest BCUT2D eigenvalue weighted by molar-refractivity contribution is 0.265. The SMILES string of the molecule is C=C(C(c1ccccc1)P(=O)(c1ccccc1)c1ccccc1)P1(=NC(C)(C)C)N(C(C)(C)C)P(NC(C)(C)C)N1C(C)(C)C. The van der Waals surface area contributed by atoms with Gasteiger partial charge in [0.15, 0.2) is 7.14 Å². The molecule has 5 nitrogen and oxygen atoms in total. The van der Waals surface area contributed by atoms with E-state index in [1.54, 1.807) is 0 Å². The van der Waals surface area contributed by atoms with E-state index in [2.05, 4.69) is 121 Å². The van der Waals surface area contributed by atoms with Gasteiger partial charge in [0.25, 0.3) is 0 Å². The van der Waals surface area contributed by atoms with Crippen molar-refractivity contribution in [3.8, 4) is 0 Å². The highest BCUT2D eigenvalue weighted by molar-refractivity contribution is 7.89. The van der Waals surface area contributed by atoms with Crippen molar-refractivity contribution in [2.45, 2.75) is 111 Å². The smallest absolute Gasteiger partial charge is 0.154 e. The van der Waals surface area contributed by atoms with Crippen molar-refractivity contribution in [2.24, 2.45) is 4.74 Å². The molecule has 0 spiro atoms. The van der Waals surface area contributed by atoms with Crippen molar-refractivity contribution >= 4 is 33.5 Å². The predicted molar refractivity (Wildman–Crippen MR) is 200 cm³/mol. The summed E-state index contributed by atoms with van der Waals surface area (Å²) >= 11 is 0. The second-order valence-electron chi connectivity index (χ2n) is 16.0. The summed E-state index contributed by atoms with van der Waals surface area (Å²) in [6.45, 7) is 32.1. The van der Waals surface area contributed by atoms with Crippen molar-refractivity contribution < 1.29 is 4.57 Å². The zero-order valence-corrected chi connectivity index (χ0v) is 32.2. The highest BCUT2D eigenvalue weighted by Gasteiger charge is 2.65. The fourth-order valence-corrected chi connectivity index (χ4v) is 19.8. The third kappa shape index (κ3) is 7.21. The lowest BCUT2D eigenvalue weighted by Gasteiger charge is -2.69. The average Bonchev–Trinajstić information content (AvgIpc) is 2.90. The molecule has 0 aromatic heterocycles. The Bertz CT molecular complexity index is 1510. The van der Waals surface area contributed by atoms with Crippen LogP contribution in [0.5, 0.6) is 0 Å². The van der Waals surface area contributed by atoms with Crippen LogP contribution in [0.3, 0.4) is 0 Å². The van der Waals surface area contributed by atoms with E-state index < -0.39 is 28.5 Å². The molecule has 45 heavy (non-hydrogen) atoms. The standard InChI is InChI=1S/C37H55N4OP3/c1-29(45(39-35(5,6)7)40(36(8,9)10)43(38-34(2,3)4)41(45)37(11,12)13)33(30-23-17-14-18-24-30)44(42,31-25-19-15-20-26-31)32-27-21-16-22-28-32/h14-28,33,38H,1H2,2-13H3. The van der Waals surface area contributed by atoms with E-state index in [4.69, 9.17) is 11.3 Å². The molecule has 1 fully saturated rings. The average molecular weight is 665 g/mol. The number of hydrogen-bond donors (Lipinski definition) is 1. The Morgan fingerprint density at radius 3 is 1.42 bits per heavy atom. The quantitative estimate of drug-likeness (QED) is 0.255. The maximum Gasteiger partial charge on any atom is 0.154 e. The van der Waals surface area contributed by atoms with Crippen LogP contribution in [-0.4, -0.2) is 31.0 Å². The van der Waals surface area contributed by atoms with Crippen LogP contribution >= 0.6 is 22.9 Å². The van der Waals surface area contributed by atoms with Crippen LogP contribution in [0.25, 0.3) is 0 Å². The molecule has 1 aliphatic heterocycles. The van der Waals surface area contributed by atoms with E-state index in [1.807, 2.05) is 66.7 Å². The Morgan fingerprint density at radius 2 is 1.09 bits per heavy atom. The molecule has 0 radical (unpaired) electrons. The van der Waals surface area contributed by atoms with Crippen molar-refractivity contribution in [3.63, 3.8) is 0 Å². The van der Waals surface area contributed by atoms with Crippen LogP contribution in [0.1, 0.15) is 94.3 Å². The third-order valence-electron chi connectivity index (χ3n) is 7.42. The number of nitrogens with zero attached hydrogens (tertiary/aromatic N) is 3. The third-order valence-corrected chi connectivity index (χ3v) is 20.6. The molecule has 244 valence electrons. The molecule has 1 unspecified atom stereocenters. The highest BCUT2D eigenvalue weighted by Crippen LogP contribution is 2.91. The predicted octanol–water partition coefficient (Wildman–Crippen LogP) is 10.9. The maximum absolute atomic E-state index is 16.4. The summed E-state index contributed by atoms with van der Waals surface area (Å²) < 4.78 is 27.6. The minimum absolute atomic E-state index is 0.125. The van der Waals surface area contributed by atoms with Gasteiger partial charge < -0.3 is 4.57 Å². The Hall–Kier alpha value is -1.83. The van der Waals surface area contributed by atoms with Crippen LogP contribution in [0.2, 0.25) is 0 Å². The van der Waals surface area contributed by atoms with E-state index >= 15 is 4.57 Å². The molecule has 0 saturated carbocycles. The summed E-state index contributed by atoms with van der Waals surface area (Å²) in [5.74, 6) is 0. The molecule has 0 bridgehead atoms. The van der Waals surface area contributed by atoms with Crippen LogP contribution in [0.15, 0.2) is 108 Å². The summed E-state index contributed by atoms with van der Waals surface area (Å²) in [5, 5.41) is 6.63. The molecule has 8 heteroatoms. The second kappa shape index (κ2) is 12.6. The van der Waals surface area contributed by atoms with Crippen molar-refractivity contribution in [3.05, 3.63) is 108 Å². The number of benzene rings is 3. The molecule has 1 heterocycles. The molecule has 1 saturated heterocycles. The van der Waals surface area contributed by atoms with Crippen LogP contribution in [0, 0.1) is 0 Å². The van der Waals surface area contributed by atoms with Gasteiger partial charge in [-0.3, -0.25) is 9.83 Å². The summed E-state index contributed by atoms with van der Waals surface area (Å²) in [5.41, 5.74) is -0.490. The molecule has 3 aromatic carbocycles. The highest BCUT2D eigenvalue weighted by atomic mass is 31.3. The lowest BCUT2D eigenvalue weighted by Crippen LogP contribution is -2.60. The summed E-state index contributed by atoms with van der Waals surface area (Å²) in [7, 11) is -7.10. The first-order valence-electron chi connectivity index (χ1n) is 15.9. The van der Waals surface area contributed by atoms with Gasteiger partial charge in [-0.1, -0.05) is 97.6 Å².